The maximum atomic E-state index is 14.0. The molecule has 3 aliphatic rings. The number of hydrogen-bond acceptors (Lipinski definition) is 11. The highest BCUT2D eigenvalue weighted by Gasteiger charge is 2.51. The lowest BCUT2D eigenvalue weighted by Crippen LogP contribution is -2.51. The van der Waals surface area contributed by atoms with E-state index in [4.69, 9.17) is 28.9 Å². The molecular weight excluding hydrogens is 879 g/mol. The van der Waals surface area contributed by atoms with Crippen LogP contribution in [0.2, 0.25) is 0 Å². The van der Waals surface area contributed by atoms with Gasteiger partial charge in [-0.25, -0.2) is 19.6 Å². The minimum Gasteiger partial charge on any atom is -0.453 e. The molecule has 3 aliphatic heterocycles. The molecule has 3 aromatic carbocycles. The fourth-order valence-corrected chi connectivity index (χ4v) is 10.7. The van der Waals surface area contributed by atoms with E-state index in [-0.39, 0.29) is 53.2 Å². The summed E-state index contributed by atoms with van der Waals surface area (Å²) in [5, 5.41) is 5.48. The number of aromatic nitrogens is 4. The number of hydrogen-bond donors (Lipinski definition) is 4. The number of ether oxygens (including phenoxy) is 4. The Labute approximate surface area is 404 Å². The fraction of sp³-hybridized carbons (Fsp3) is 0.538. The van der Waals surface area contributed by atoms with Gasteiger partial charge in [0.1, 0.15) is 35.9 Å². The van der Waals surface area contributed by atoms with Crippen molar-refractivity contribution in [3.05, 3.63) is 89.0 Å². The maximum Gasteiger partial charge on any atom is 0.407 e. The molecule has 5 heterocycles. The monoisotopic (exact) mass is 948 g/mol. The van der Waals surface area contributed by atoms with Crippen LogP contribution in [0, 0.1) is 11.8 Å². The first-order chi connectivity index (χ1) is 33.0. The Kier molecular flexibility index (Phi) is 14.3. The van der Waals surface area contributed by atoms with Gasteiger partial charge in [0.05, 0.1) is 60.5 Å². The van der Waals surface area contributed by atoms with Crippen molar-refractivity contribution in [1.82, 2.24) is 40.4 Å². The number of likely N-dealkylation sites (tertiary alicyclic amines) is 2. The van der Waals surface area contributed by atoms with E-state index in [9.17, 15) is 19.2 Å². The summed E-state index contributed by atoms with van der Waals surface area (Å²) in [6.07, 6.45) is 0.963. The smallest absolute Gasteiger partial charge is 0.407 e. The van der Waals surface area contributed by atoms with E-state index in [1.165, 1.54) is 19.8 Å². The Bertz CT molecular complexity index is 2500. The van der Waals surface area contributed by atoms with Crippen LogP contribution in [0.4, 0.5) is 15.3 Å². The standard InChI is InChI=1S/C52H69N9O8/c1-28(2)40(57-50(64)68-10)48(62)59-24-12-14-38(59)46-53-34-22-16-30(26-36(34)55-46)42-44(66-8)45(67-9)43(61(42)33-20-18-32(19-21-33)52(5,6)7)31-17-23-35-37(27-31)56-47(54-35)39-15-13-25-60(39)49(63)41(29(3)4)58-51(65)69-11/h16-23,26-29,38-45H,12-15,24-25H2,1-11H3,(H,53,55)(H,54,56)(H,57,64)(H,58,65). The molecule has 8 unspecified atom stereocenters. The normalized spacial score (nSPS) is 22.8. The van der Waals surface area contributed by atoms with Crippen molar-refractivity contribution >= 4 is 51.8 Å². The number of nitrogens with zero attached hydrogens (tertiary/aromatic N) is 5. The zero-order valence-corrected chi connectivity index (χ0v) is 41.8. The molecular formula is C52H69N9O8. The Morgan fingerprint density at radius 3 is 1.42 bits per heavy atom. The van der Waals surface area contributed by atoms with Gasteiger partial charge in [-0.3, -0.25) is 9.59 Å². The third kappa shape index (κ3) is 9.59. The number of methoxy groups -OCH3 is 4. The number of amides is 4. The van der Waals surface area contributed by atoms with Gasteiger partial charge in [-0.1, -0.05) is 72.7 Å². The van der Waals surface area contributed by atoms with E-state index in [1.54, 1.807) is 14.2 Å². The summed E-state index contributed by atoms with van der Waals surface area (Å²) in [4.78, 5) is 75.8. The highest BCUT2D eigenvalue weighted by Crippen LogP contribution is 2.50. The van der Waals surface area contributed by atoms with Crippen LogP contribution >= 0.6 is 0 Å². The number of benzene rings is 3. The topological polar surface area (TPSA) is 196 Å². The maximum absolute atomic E-state index is 14.0. The summed E-state index contributed by atoms with van der Waals surface area (Å²) < 4.78 is 22.6. The van der Waals surface area contributed by atoms with Gasteiger partial charge in [0, 0.05) is 33.0 Å². The highest BCUT2D eigenvalue weighted by atomic mass is 16.5. The Morgan fingerprint density at radius 2 is 1.06 bits per heavy atom. The van der Waals surface area contributed by atoms with Gasteiger partial charge in [-0.15, -0.1) is 0 Å². The number of H-pyrrole nitrogens is 2. The molecule has 3 fully saturated rings. The molecule has 0 aliphatic carbocycles. The van der Waals surface area contributed by atoms with E-state index >= 15 is 0 Å². The molecule has 3 saturated heterocycles. The van der Waals surface area contributed by atoms with Gasteiger partial charge >= 0.3 is 12.2 Å². The van der Waals surface area contributed by atoms with Crippen LogP contribution in [-0.4, -0.2) is 120 Å². The molecule has 4 amide bonds. The van der Waals surface area contributed by atoms with Crippen molar-refractivity contribution in [3.8, 4) is 0 Å². The minimum atomic E-state index is -0.738. The number of carbonyl (C=O) groups excluding carboxylic acids is 4. The van der Waals surface area contributed by atoms with Crippen LogP contribution < -0.4 is 15.5 Å². The second-order valence-corrected chi connectivity index (χ2v) is 20.4. The lowest BCUT2D eigenvalue weighted by atomic mass is 9.87. The number of rotatable bonds is 13. The predicted octanol–water partition coefficient (Wildman–Crippen LogP) is 8.16. The summed E-state index contributed by atoms with van der Waals surface area (Å²) in [5.74, 6) is 0.764. The Balaban J connectivity index is 1.16. The van der Waals surface area contributed by atoms with Crippen molar-refractivity contribution in [2.75, 3.05) is 46.4 Å². The highest BCUT2D eigenvalue weighted by molar-refractivity contribution is 5.88. The summed E-state index contributed by atoms with van der Waals surface area (Å²) in [6, 6.07) is 18.6. The van der Waals surface area contributed by atoms with Gasteiger partial charge in [0.2, 0.25) is 11.8 Å². The van der Waals surface area contributed by atoms with Crippen molar-refractivity contribution in [3.63, 3.8) is 0 Å². The first-order valence-electron chi connectivity index (χ1n) is 24.2. The molecule has 69 heavy (non-hydrogen) atoms. The number of anilines is 1. The van der Waals surface area contributed by atoms with Gasteiger partial charge in [-0.05, 0) is 96.0 Å². The number of aromatic amines is 2. The first-order valence-corrected chi connectivity index (χ1v) is 24.2. The van der Waals surface area contributed by atoms with Crippen molar-refractivity contribution in [2.24, 2.45) is 11.8 Å². The van der Waals surface area contributed by atoms with Gasteiger partial charge in [0.15, 0.2) is 0 Å². The summed E-state index contributed by atoms with van der Waals surface area (Å²) in [6.45, 7) is 15.3. The molecule has 370 valence electrons. The van der Waals surface area contributed by atoms with Crippen molar-refractivity contribution in [2.45, 2.75) is 128 Å². The molecule has 17 heteroatoms. The van der Waals surface area contributed by atoms with Crippen LogP contribution in [0.3, 0.4) is 0 Å². The van der Waals surface area contributed by atoms with E-state index in [1.807, 2.05) is 49.6 Å². The summed E-state index contributed by atoms with van der Waals surface area (Å²) in [7, 11) is 6.05. The van der Waals surface area contributed by atoms with Gasteiger partial charge in [-0.2, -0.15) is 0 Å². The number of nitrogens with one attached hydrogen (secondary N) is 4. The molecule has 4 N–H and O–H groups in total. The number of alkyl carbamates (subject to hydrolysis) is 2. The van der Waals surface area contributed by atoms with Crippen LogP contribution in [0.5, 0.6) is 0 Å². The summed E-state index contributed by atoms with van der Waals surface area (Å²) >= 11 is 0. The average molecular weight is 948 g/mol. The SMILES string of the molecule is COC(=O)NC(C(=O)N1CCCC1c1nc2ccc(C3C(OC)C(OC)C(c4ccc5nc(C6CCCN6C(=O)C(NC(=O)OC)C(C)C)[nH]c5c4)N3c3ccc(C(C)(C)C)cc3)cc2[nH]1)C(C)C. The quantitative estimate of drug-likeness (QED) is 0.0889. The molecule has 0 radical (unpaired) electrons. The zero-order chi connectivity index (χ0) is 49.5. The van der Waals surface area contributed by atoms with Crippen molar-refractivity contribution < 1.29 is 38.1 Å². The molecule has 5 aromatic rings. The van der Waals surface area contributed by atoms with E-state index in [0.29, 0.717) is 24.7 Å². The number of imidazole rings is 2. The third-order valence-corrected chi connectivity index (χ3v) is 14.3. The van der Waals surface area contributed by atoms with Crippen LogP contribution in [0.25, 0.3) is 22.1 Å². The van der Waals surface area contributed by atoms with Crippen LogP contribution in [0.15, 0.2) is 60.7 Å². The van der Waals surface area contributed by atoms with Crippen LogP contribution in [0.1, 0.15) is 127 Å². The Morgan fingerprint density at radius 1 is 0.638 bits per heavy atom. The molecule has 0 saturated carbocycles. The van der Waals surface area contributed by atoms with E-state index < -0.39 is 36.5 Å². The third-order valence-electron chi connectivity index (χ3n) is 14.3. The molecule has 2 aromatic heterocycles. The van der Waals surface area contributed by atoms with Crippen LogP contribution in [-0.2, 0) is 34.0 Å². The zero-order valence-electron chi connectivity index (χ0n) is 41.8. The second-order valence-electron chi connectivity index (χ2n) is 20.4. The average Bonchev–Trinajstić information content (AvgIpc) is 4.19. The molecule has 0 spiro atoms. The largest absolute Gasteiger partial charge is 0.453 e. The molecule has 8 atom stereocenters. The number of fused-ring (bicyclic) bond motifs is 2. The fourth-order valence-electron chi connectivity index (χ4n) is 10.7. The Hall–Kier alpha value is -6.20. The molecule has 8 rings (SSSR count). The lowest BCUT2D eigenvalue weighted by molar-refractivity contribution is -0.136. The number of carbonyl (C=O) groups is 4. The van der Waals surface area contributed by atoms with E-state index in [2.05, 4.69) is 94.8 Å². The van der Waals surface area contributed by atoms with E-state index in [0.717, 1.165) is 64.6 Å². The first kappa shape index (κ1) is 49.2. The summed E-state index contributed by atoms with van der Waals surface area (Å²) in [5.41, 5.74) is 7.35. The van der Waals surface area contributed by atoms with Crippen molar-refractivity contribution in [1.29, 1.82) is 0 Å². The van der Waals surface area contributed by atoms with Gasteiger partial charge < -0.3 is 54.2 Å². The van der Waals surface area contributed by atoms with Gasteiger partial charge in [0.25, 0.3) is 0 Å². The predicted molar refractivity (Wildman–Crippen MR) is 263 cm³/mol. The minimum absolute atomic E-state index is 0.0562. The molecule has 0 bridgehead atoms. The lowest BCUT2D eigenvalue weighted by Gasteiger charge is -2.34. The molecule has 17 nitrogen and oxygen atoms in total. The second kappa shape index (κ2) is 20.0.